The van der Waals surface area contributed by atoms with Crippen LogP contribution in [0.3, 0.4) is 0 Å². The van der Waals surface area contributed by atoms with E-state index in [4.69, 9.17) is 4.74 Å². The molecule has 0 saturated carbocycles. The van der Waals surface area contributed by atoms with Crippen LogP contribution in [-0.2, 0) is 9.53 Å². The smallest absolute Gasteiger partial charge is 0.322 e. The number of carbonyl (C=O) groups excluding carboxylic acids is 1. The molecule has 1 aliphatic heterocycles. The number of esters is 1. The van der Waals surface area contributed by atoms with Gasteiger partial charge < -0.3 is 15.0 Å². The molecular formula is C12H24N2O2. The molecule has 1 fully saturated rings. The molecule has 2 atom stereocenters. The summed E-state index contributed by atoms with van der Waals surface area (Å²) in [7, 11) is 3.56. The predicted molar refractivity (Wildman–Crippen MR) is 64.3 cm³/mol. The Kier molecular flexibility index (Phi) is 5.22. The summed E-state index contributed by atoms with van der Waals surface area (Å²) >= 11 is 0. The van der Waals surface area contributed by atoms with E-state index in [1.54, 1.807) is 0 Å². The third-order valence-corrected chi connectivity index (χ3v) is 3.02. The number of hydrogen-bond donors (Lipinski definition) is 1. The van der Waals surface area contributed by atoms with Gasteiger partial charge in [-0.05, 0) is 32.4 Å². The van der Waals surface area contributed by atoms with E-state index < -0.39 is 0 Å². The van der Waals surface area contributed by atoms with Gasteiger partial charge in [0.1, 0.15) is 6.04 Å². The highest BCUT2D eigenvalue weighted by molar-refractivity contribution is 5.75. The largest absolute Gasteiger partial charge is 0.468 e. The molecule has 0 aromatic rings. The van der Waals surface area contributed by atoms with Gasteiger partial charge in [-0.2, -0.15) is 0 Å². The molecule has 94 valence electrons. The van der Waals surface area contributed by atoms with Crippen molar-refractivity contribution in [1.82, 2.24) is 10.2 Å². The van der Waals surface area contributed by atoms with E-state index in [1.807, 2.05) is 0 Å². The first-order valence-corrected chi connectivity index (χ1v) is 6.05. The number of likely N-dealkylation sites (N-methyl/N-ethyl adjacent to an activating group) is 1. The Morgan fingerprint density at radius 3 is 2.69 bits per heavy atom. The molecule has 1 N–H and O–H groups in total. The number of nitrogens with zero attached hydrogens (tertiary/aromatic N) is 1. The van der Waals surface area contributed by atoms with Gasteiger partial charge >= 0.3 is 5.97 Å². The first-order chi connectivity index (χ1) is 7.52. The molecule has 1 aliphatic rings. The van der Waals surface area contributed by atoms with Gasteiger partial charge in [-0.3, -0.25) is 4.79 Å². The van der Waals surface area contributed by atoms with Crippen molar-refractivity contribution in [2.45, 2.75) is 38.8 Å². The Hall–Kier alpha value is -0.610. The summed E-state index contributed by atoms with van der Waals surface area (Å²) in [6.45, 7) is 6.37. The molecule has 1 saturated heterocycles. The average Bonchev–Trinajstić information content (AvgIpc) is 2.61. The number of nitrogens with one attached hydrogen (secondary N) is 1. The third-order valence-electron chi connectivity index (χ3n) is 3.02. The van der Waals surface area contributed by atoms with Crippen molar-refractivity contribution < 1.29 is 9.53 Å². The van der Waals surface area contributed by atoms with Gasteiger partial charge in [-0.1, -0.05) is 13.8 Å². The van der Waals surface area contributed by atoms with Gasteiger partial charge in [0.05, 0.1) is 7.11 Å². The van der Waals surface area contributed by atoms with E-state index in [0.29, 0.717) is 12.0 Å². The molecule has 0 aliphatic carbocycles. The number of likely N-dealkylation sites (tertiary alicyclic amines) is 1. The van der Waals surface area contributed by atoms with Crippen LogP contribution in [0.4, 0.5) is 0 Å². The van der Waals surface area contributed by atoms with Crippen molar-refractivity contribution in [2.75, 3.05) is 27.2 Å². The summed E-state index contributed by atoms with van der Waals surface area (Å²) in [4.78, 5) is 13.9. The second kappa shape index (κ2) is 6.21. The number of hydrogen-bond acceptors (Lipinski definition) is 4. The Bertz CT molecular complexity index is 231. The number of rotatable bonds is 5. The molecule has 0 amide bonds. The van der Waals surface area contributed by atoms with E-state index in [-0.39, 0.29) is 12.0 Å². The van der Waals surface area contributed by atoms with E-state index in [2.05, 4.69) is 31.1 Å². The second-order valence-corrected chi connectivity index (χ2v) is 5.12. The van der Waals surface area contributed by atoms with Crippen molar-refractivity contribution in [3.05, 3.63) is 0 Å². The quantitative estimate of drug-likeness (QED) is 0.709. The van der Waals surface area contributed by atoms with E-state index in [0.717, 1.165) is 25.9 Å². The minimum atomic E-state index is -0.151. The van der Waals surface area contributed by atoms with Crippen LogP contribution in [0, 0.1) is 5.92 Å². The zero-order valence-corrected chi connectivity index (χ0v) is 10.8. The van der Waals surface area contributed by atoms with E-state index in [9.17, 15) is 4.79 Å². The Morgan fingerprint density at radius 2 is 2.25 bits per heavy atom. The topological polar surface area (TPSA) is 41.6 Å². The van der Waals surface area contributed by atoms with Gasteiger partial charge in [-0.25, -0.2) is 0 Å². The van der Waals surface area contributed by atoms with Crippen molar-refractivity contribution in [3.63, 3.8) is 0 Å². The lowest BCUT2D eigenvalue weighted by atomic mass is 10.0. The summed E-state index contributed by atoms with van der Waals surface area (Å²) in [5, 5.41) is 3.41. The minimum Gasteiger partial charge on any atom is -0.468 e. The maximum Gasteiger partial charge on any atom is 0.322 e. The van der Waals surface area contributed by atoms with Crippen molar-refractivity contribution in [2.24, 2.45) is 5.92 Å². The highest BCUT2D eigenvalue weighted by Crippen LogP contribution is 2.11. The summed E-state index contributed by atoms with van der Waals surface area (Å²) < 4.78 is 4.84. The molecule has 0 spiro atoms. The maximum atomic E-state index is 11.6. The molecule has 2 unspecified atom stereocenters. The van der Waals surface area contributed by atoms with Gasteiger partial charge in [0.2, 0.25) is 0 Å². The molecule has 4 nitrogen and oxygen atoms in total. The highest BCUT2D eigenvalue weighted by atomic mass is 16.5. The summed E-state index contributed by atoms with van der Waals surface area (Å²) in [5.74, 6) is 0.360. The van der Waals surface area contributed by atoms with Gasteiger partial charge in [0.15, 0.2) is 0 Å². The molecule has 0 radical (unpaired) electrons. The molecule has 0 aromatic carbocycles. The highest BCUT2D eigenvalue weighted by Gasteiger charge is 2.27. The monoisotopic (exact) mass is 228 g/mol. The maximum absolute atomic E-state index is 11.6. The van der Waals surface area contributed by atoms with Crippen molar-refractivity contribution in [3.8, 4) is 0 Å². The third kappa shape index (κ3) is 4.10. The Balaban J connectivity index is 2.46. The van der Waals surface area contributed by atoms with Gasteiger partial charge in [0, 0.05) is 12.6 Å². The number of carbonyl (C=O) groups is 1. The van der Waals surface area contributed by atoms with Crippen LogP contribution in [0.1, 0.15) is 26.7 Å². The van der Waals surface area contributed by atoms with Crippen LogP contribution in [0.15, 0.2) is 0 Å². The van der Waals surface area contributed by atoms with Crippen LogP contribution in [0.2, 0.25) is 0 Å². The van der Waals surface area contributed by atoms with E-state index in [1.165, 1.54) is 7.11 Å². The summed E-state index contributed by atoms with van der Waals surface area (Å²) in [6.07, 6.45) is 1.95. The normalized spacial score (nSPS) is 23.7. The lowest BCUT2D eigenvalue weighted by Gasteiger charge is -2.22. The fraction of sp³-hybridized carbons (Fsp3) is 0.917. The standard InChI is InChI=1S/C12H24N2O2/c1-9(2)7-11(12(15)16-4)13-10-5-6-14(3)8-10/h9-11,13H,5-8H2,1-4H3. The van der Waals surface area contributed by atoms with Crippen LogP contribution in [0.5, 0.6) is 0 Å². The Morgan fingerprint density at radius 1 is 1.56 bits per heavy atom. The van der Waals surface area contributed by atoms with Crippen LogP contribution in [0.25, 0.3) is 0 Å². The first-order valence-electron chi connectivity index (χ1n) is 6.05. The second-order valence-electron chi connectivity index (χ2n) is 5.12. The van der Waals surface area contributed by atoms with Crippen molar-refractivity contribution >= 4 is 5.97 Å². The van der Waals surface area contributed by atoms with Crippen LogP contribution >= 0.6 is 0 Å². The molecular weight excluding hydrogens is 204 g/mol. The predicted octanol–water partition coefficient (Wildman–Crippen LogP) is 0.868. The van der Waals surface area contributed by atoms with Gasteiger partial charge in [-0.15, -0.1) is 0 Å². The van der Waals surface area contributed by atoms with Crippen LogP contribution in [-0.4, -0.2) is 50.2 Å². The Labute approximate surface area is 98.3 Å². The fourth-order valence-electron chi connectivity index (χ4n) is 2.20. The molecule has 4 heteroatoms. The lowest BCUT2D eigenvalue weighted by Crippen LogP contribution is -2.45. The minimum absolute atomic E-state index is 0.136. The molecule has 0 bridgehead atoms. The van der Waals surface area contributed by atoms with E-state index >= 15 is 0 Å². The first kappa shape index (κ1) is 13.5. The lowest BCUT2D eigenvalue weighted by molar-refractivity contribution is -0.143. The zero-order chi connectivity index (χ0) is 12.1. The summed E-state index contributed by atoms with van der Waals surface area (Å²) in [6, 6.07) is 0.273. The SMILES string of the molecule is COC(=O)C(CC(C)C)NC1CCN(C)C1. The molecule has 1 heterocycles. The van der Waals surface area contributed by atoms with Crippen LogP contribution < -0.4 is 5.32 Å². The molecule has 0 aromatic heterocycles. The zero-order valence-electron chi connectivity index (χ0n) is 10.8. The number of ether oxygens (including phenoxy) is 1. The van der Waals surface area contributed by atoms with Gasteiger partial charge in [0.25, 0.3) is 0 Å². The number of methoxy groups -OCH3 is 1. The fourth-order valence-corrected chi connectivity index (χ4v) is 2.20. The average molecular weight is 228 g/mol. The molecule has 16 heavy (non-hydrogen) atoms. The van der Waals surface area contributed by atoms with Crippen molar-refractivity contribution in [1.29, 1.82) is 0 Å². The summed E-state index contributed by atoms with van der Waals surface area (Å²) in [5.41, 5.74) is 0. The molecule has 1 rings (SSSR count).